The van der Waals surface area contributed by atoms with Crippen LogP contribution in [-0.2, 0) is 4.79 Å². The first-order chi connectivity index (χ1) is 7.46. The summed E-state index contributed by atoms with van der Waals surface area (Å²) in [5.74, 6) is 0.296. The predicted octanol–water partition coefficient (Wildman–Crippen LogP) is 1.51. The molecule has 1 saturated heterocycles. The minimum absolute atomic E-state index is 0.143. The SMILES string of the molecule is CN1CCN(C2=CC(=O)CC(C)(C)C2)CC1. The highest BCUT2D eigenvalue weighted by atomic mass is 16.1. The summed E-state index contributed by atoms with van der Waals surface area (Å²) >= 11 is 0. The van der Waals surface area contributed by atoms with Gasteiger partial charge in [-0.1, -0.05) is 13.8 Å². The van der Waals surface area contributed by atoms with E-state index in [1.165, 1.54) is 5.70 Å². The summed E-state index contributed by atoms with van der Waals surface area (Å²) in [7, 11) is 2.15. The van der Waals surface area contributed by atoms with Gasteiger partial charge in [0.15, 0.2) is 5.78 Å². The van der Waals surface area contributed by atoms with Gasteiger partial charge >= 0.3 is 0 Å². The molecule has 0 amide bonds. The molecule has 1 aliphatic carbocycles. The van der Waals surface area contributed by atoms with Crippen LogP contribution in [0, 0.1) is 5.41 Å². The topological polar surface area (TPSA) is 23.6 Å². The van der Waals surface area contributed by atoms with Crippen molar-refractivity contribution in [3.05, 3.63) is 11.8 Å². The molecule has 0 aromatic carbocycles. The number of carbonyl (C=O) groups excluding carboxylic acids is 1. The van der Waals surface area contributed by atoms with E-state index >= 15 is 0 Å². The average molecular weight is 222 g/mol. The lowest BCUT2D eigenvalue weighted by molar-refractivity contribution is -0.117. The standard InChI is InChI=1S/C13H22N2O/c1-13(2)9-11(8-12(16)10-13)15-6-4-14(3)5-7-15/h8H,4-7,9-10H2,1-3H3. The van der Waals surface area contributed by atoms with Crippen molar-refractivity contribution in [2.45, 2.75) is 26.7 Å². The molecule has 1 heterocycles. The average Bonchev–Trinajstić information content (AvgIpc) is 2.15. The zero-order valence-electron chi connectivity index (χ0n) is 10.6. The van der Waals surface area contributed by atoms with Gasteiger partial charge in [-0.15, -0.1) is 0 Å². The maximum atomic E-state index is 11.7. The van der Waals surface area contributed by atoms with Crippen LogP contribution in [0.3, 0.4) is 0 Å². The summed E-state index contributed by atoms with van der Waals surface area (Å²) in [6.45, 7) is 8.71. The molecule has 3 heteroatoms. The Morgan fingerprint density at radius 1 is 1.12 bits per heavy atom. The monoisotopic (exact) mass is 222 g/mol. The molecule has 0 radical (unpaired) electrons. The first-order valence-corrected chi connectivity index (χ1v) is 6.13. The lowest BCUT2D eigenvalue weighted by Crippen LogP contribution is -2.45. The van der Waals surface area contributed by atoms with Crippen LogP contribution in [0.4, 0.5) is 0 Å². The van der Waals surface area contributed by atoms with Gasteiger partial charge in [0.1, 0.15) is 0 Å². The predicted molar refractivity (Wildman–Crippen MR) is 65.2 cm³/mol. The van der Waals surface area contributed by atoms with Gasteiger partial charge in [0.25, 0.3) is 0 Å². The molecule has 1 fully saturated rings. The molecule has 0 atom stereocenters. The number of likely N-dealkylation sites (N-methyl/N-ethyl adjacent to an activating group) is 1. The number of piperazine rings is 1. The fourth-order valence-electron chi connectivity index (χ4n) is 2.61. The first-order valence-electron chi connectivity index (χ1n) is 6.13. The van der Waals surface area contributed by atoms with Gasteiger partial charge in [0.2, 0.25) is 0 Å². The van der Waals surface area contributed by atoms with Crippen molar-refractivity contribution in [3.8, 4) is 0 Å². The number of hydrogen-bond donors (Lipinski definition) is 0. The molecule has 1 aliphatic heterocycles. The Labute approximate surface area is 98.1 Å². The Bertz CT molecular complexity index is 312. The van der Waals surface area contributed by atoms with E-state index in [-0.39, 0.29) is 5.41 Å². The van der Waals surface area contributed by atoms with E-state index in [1.54, 1.807) is 0 Å². The van der Waals surface area contributed by atoms with Crippen molar-refractivity contribution in [3.63, 3.8) is 0 Å². The van der Waals surface area contributed by atoms with E-state index in [2.05, 4.69) is 30.7 Å². The Morgan fingerprint density at radius 2 is 1.75 bits per heavy atom. The van der Waals surface area contributed by atoms with Gasteiger partial charge < -0.3 is 9.80 Å². The molecular weight excluding hydrogens is 200 g/mol. The fraction of sp³-hybridized carbons (Fsp3) is 0.769. The van der Waals surface area contributed by atoms with Crippen molar-refractivity contribution in [1.29, 1.82) is 0 Å². The molecule has 2 rings (SSSR count). The molecule has 0 saturated carbocycles. The molecule has 0 unspecified atom stereocenters. The largest absolute Gasteiger partial charge is 0.372 e. The van der Waals surface area contributed by atoms with Crippen molar-refractivity contribution < 1.29 is 4.79 Å². The number of allylic oxidation sites excluding steroid dienone is 2. The van der Waals surface area contributed by atoms with Gasteiger partial charge in [-0.05, 0) is 18.9 Å². The van der Waals surface area contributed by atoms with Crippen LogP contribution in [0.15, 0.2) is 11.8 Å². The maximum Gasteiger partial charge on any atom is 0.157 e. The van der Waals surface area contributed by atoms with E-state index in [9.17, 15) is 4.79 Å². The third-order valence-electron chi connectivity index (χ3n) is 3.55. The van der Waals surface area contributed by atoms with Crippen molar-refractivity contribution >= 4 is 5.78 Å². The number of nitrogens with zero attached hydrogens (tertiary/aromatic N) is 2. The van der Waals surface area contributed by atoms with Crippen LogP contribution >= 0.6 is 0 Å². The second kappa shape index (κ2) is 4.21. The Morgan fingerprint density at radius 3 is 2.31 bits per heavy atom. The highest BCUT2D eigenvalue weighted by Gasteiger charge is 2.30. The zero-order valence-corrected chi connectivity index (χ0v) is 10.6. The van der Waals surface area contributed by atoms with E-state index in [4.69, 9.17) is 0 Å². The summed E-state index contributed by atoms with van der Waals surface area (Å²) in [5, 5.41) is 0. The third-order valence-corrected chi connectivity index (χ3v) is 3.55. The van der Waals surface area contributed by atoms with Crippen LogP contribution in [0.25, 0.3) is 0 Å². The van der Waals surface area contributed by atoms with E-state index in [0.29, 0.717) is 12.2 Å². The Kier molecular flexibility index (Phi) is 3.06. The minimum atomic E-state index is 0.143. The summed E-state index contributed by atoms with van der Waals surface area (Å²) in [6, 6.07) is 0. The molecule has 0 aromatic rings. The molecule has 3 nitrogen and oxygen atoms in total. The third kappa shape index (κ3) is 2.64. The summed E-state index contributed by atoms with van der Waals surface area (Å²) < 4.78 is 0. The molecular formula is C13H22N2O. The number of rotatable bonds is 1. The highest BCUT2D eigenvalue weighted by molar-refractivity contribution is 5.91. The smallest absolute Gasteiger partial charge is 0.157 e. The Hall–Kier alpha value is -0.830. The van der Waals surface area contributed by atoms with Gasteiger partial charge in [0, 0.05) is 44.4 Å². The molecule has 16 heavy (non-hydrogen) atoms. The number of carbonyl (C=O) groups is 1. The second-order valence-electron chi connectivity index (χ2n) is 5.91. The van der Waals surface area contributed by atoms with E-state index in [1.807, 2.05) is 6.08 Å². The van der Waals surface area contributed by atoms with Gasteiger partial charge in [-0.3, -0.25) is 4.79 Å². The van der Waals surface area contributed by atoms with Crippen LogP contribution in [0.2, 0.25) is 0 Å². The lowest BCUT2D eigenvalue weighted by Gasteiger charge is -2.39. The van der Waals surface area contributed by atoms with E-state index < -0.39 is 0 Å². The fourth-order valence-corrected chi connectivity index (χ4v) is 2.61. The molecule has 0 aromatic heterocycles. The lowest BCUT2D eigenvalue weighted by atomic mass is 9.78. The first kappa shape index (κ1) is 11.6. The van der Waals surface area contributed by atoms with Gasteiger partial charge in [-0.2, -0.15) is 0 Å². The zero-order chi connectivity index (χ0) is 11.8. The van der Waals surface area contributed by atoms with Crippen LogP contribution in [-0.4, -0.2) is 48.8 Å². The second-order valence-corrected chi connectivity index (χ2v) is 5.91. The van der Waals surface area contributed by atoms with Gasteiger partial charge in [-0.25, -0.2) is 0 Å². The van der Waals surface area contributed by atoms with Crippen LogP contribution in [0.5, 0.6) is 0 Å². The molecule has 2 aliphatic rings. The van der Waals surface area contributed by atoms with Crippen LogP contribution < -0.4 is 0 Å². The van der Waals surface area contributed by atoms with Crippen LogP contribution in [0.1, 0.15) is 26.7 Å². The van der Waals surface area contributed by atoms with Crippen molar-refractivity contribution in [2.24, 2.45) is 5.41 Å². The summed E-state index contributed by atoms with van der Waals surface area (Å²) in [6.07, 6.45) is 3.61. The van der Waals surface area contributed by atoms with Crippen molar-refractivity contribution in [2.75, 3.05) is 33.2 Å². The molecule has 0 spiro atoms. The maximum absolute atomic E-state index is 11.7. The number of hydrogen-bond acceptors (Lipinski definition) is 3. The quantitative estimate of drug-likeness (QED) is 0.672. The molecule has 90 valence electrons. The summed E-state index contributed by atoms with van der Waals surface area (Å²) in [4.78, 5) is 16.4. The number of ketones is 1. The van der Waals surface area contributed by atoms with Crippen molar-refractivity contribution in [1.82, 2.24) is 9.80 Å². The summed E-state index contributed by atoms with van der Waals surface area (Å²) in [5.41, 5.74) is 1.40. The van der Waals surface area contributed by atoms with E-state index in [0.717, 1.165) is 32.6 Å². The minimum Gasteiger partial charge on any atom is -0.372 e. The molecule has 0 bridgehead atoms. The molecule has 0 N–H and O–H groups in total. The Balaban J connectivity index is 2.06. The normalized spacial score (nSPS) is 26.8. The van der Waals surface area contributed by atoms with Gasteiger partial charge in [0.05, 0.1) is 0 Å². The highest BCUT2D eigenvalue weighted by Crippen LogP contribution is 2.35.